The van der Waals surface area contributed by atoms with Crippen LogP contribution >= 0.6 is 0 Å². The minimum Gasteiger partial charge on any atom is -0.342 e. The summed E-state index contributed by atoms with van der Waals surface area (Å²) in [4.78, 5) is 25.7. The molecule has 2 aliphatic carbocycles. The predicted molar refractivity (Wildman–Crippen MR) is 115 cm³/mol. The molecular formula is C25H20FN3O2. The number of halogens is 1. The number of benzene rings is 2. The summed E-state index contributed by atoms with van der Waals surface area (Å²) in [6.45, 7) is 0.579. The molecule has 1 aliphatic heterocycles. The third-order valence-corrected chi connectivity index (χ3v) is 6.84. The van der Waals surface area contributed by atoms with Crippen molar-refractivity contribution in [2.45, 2.75) is 13.0 Å². The van der Waals surface area contributed by atoms with Gasteiger partial charge in [0.1, 0.15) is 5.82 Å². The topological polar surface area (TPSA) is 54.7 Å². The van der Waals surface area contributed by atoms with E-state index in [1.54, 1.807) is 18.3 Å². The quantitative estimate of drug-likeness (QED) is 0.369. The Hall–Kier alpha value is -3.54. The molecule has 1 aromatic heterocycles. The first-order valence-corrected chi connectivity index (χ1v) is 10.5. The average Bonchev–Trinajstić information content (AvgIpc) is 3.53. The normalized spacial score (nSPS) is 26.7. The fourth-order valence-corrected chi connectivity index (χ4v) is 5.42. The van der Waals surface area contributed by atoms with Crippen LogP contribution < -0.4 is 0 Å². The van der Waals surface area contributed by atoms with Gasteiger partial charge in [0.15, 0.2) is 0 Å². The number of hydrogen-bond donors (Lipinski definition) is 0. The molecule has 2 amide bonds. The summed E-state index contributed by atoms with van der Waals surface area (Å²) >= 11 is 0. The second-order valence-electron chi connectivity index (χ2n) is 8.59. The van der Waals surface area contributed by atoms with Crippen LogP contribution in [-0.2, 0) is 16.1 Å². The van der Waals surface area contributed by atoms with Crippen LogP contribution in [0.5, 0.6) is 0 Å². The zero-order valence-electron chi connectivity index (χ0n) is 16.7. The number of carbonyl (C=O) groups is 2. The molecule has 6 rings (SSSR count). The zero-order chi connectivity index (χ0) is 21.1. The number of imide groups is 1. The Balaban J connectivity index is 1.31. The van der Waals surface area contributed by atoms with Gasteiger partial charge >= 0.3 is 0 Å². The molecule has 1 saturated carbocycles. The number of amides is 2. The Morgan fingerprint density at radius 1 is 0.968 bits per heavy atom. The van der Waals surface area contributed by atoms with Crippen LogP contribution in [0.25, 0.3) is 10.9 Å². The van der Waals surface area contributed by atoms with E-state index in [1.165, 1.54) is 12.1 Å². The van der Waals surface area contributed by atoms with E-state index in [-0.39, 0.29) is 41.3 Å². The Labute approximate surface area is 178 Å². The first kappa shape index (κ1) is 18.2. The highest BCUT2D eigenvalue weighted by molar-refractivity contribution is 6.07. The third kappa shape index (κ3) is 2.78. The summed E-state index contributed by atoms with van der Waals surface area (Å²) < 4.78 is 15.3. The summed E-state index contributed by atoms with van der Waals surface area (Å²) in [7, 11) is 0. The van der Waals surface area contributed by atoms with E-state index in [0.29, 0.717) is 6.54 Å². The molecule has 1 saturated heterocycles. The van der Waals surface area contributed by atoms with Crippen LogP contribution in [-0.4, -0.2) is 27.6 Å². The molecule has 6 heteroatoms. The molecule has 0 spiro atoms. The number of nitrogens with zero attached hydrogens (tertiary/aromatic N) is 3. The molecule has 2 bridgehead atoms. The second kappa shape index (κ2) is 6.74. The summed E-state index contributed by atoms with van der Waals surface area (Å²) in [6, 6.07) is 14.3. The molecule has 2 aromatic carbocycles. The first-order chi connectivity index (χ1) is 15.1. The summed E-state index contributed by atoms with van der Waals surface area (Å²) in [5, 5.41) is 6.39. The second-order valence-corrected chi connectivity index (χ2v) is 8.59. The Morgan fingerprint density at radius 3 is 2.35 bits per heavy atom. The van der Waals surface area contributed by atoms with Crippen molar-refractivity contribution in [1.29, 1.82) is 0 Å². The van der Waals surface area contributed by atoms with Crippen LogP contribution in [0, 0.1) is 29.5 Å². The smallest absolute Gasteiger partial charge is 0.254 e. The maximum Gasteiger partial charge on any atom is 0.254 e. The highest BCUT2D eigenvalue weighted by atomic mass is 19.1. The lowest BCUT2D eigenvalue weighted by Crippen LogP contribution is -2.28. The van der Waals surface area contributed by atoms with Crippen LogP contribution in [0.2, 0.25) is 0 Å². The SMILES string of the molecule is O=C1[C@@H]2[C@H](C(=O)N1/N=C\c1cn(Cc3ccc(F)cc3)c3ccccc13)[C@@H]1C=C[C@@H]2C1. The van der Waals surface area contributed by atoms with E-state index in [2.05, 4.69) is 21.8 Å². The van der Waals surface area contributed by atoms with Gasteiger partial charge in [-0.1, -0.05) is 42.5 Å². The molecule has 2 heterocycles. The van der Waals surface area contributed by atoms with Crippen molar-refractivity contribution >= 4 is 28.9 Å². The van der Waals surface area contributed by atoms with Gasteiger partial charge in [-0.05, 0) is 42.0 Å². The molecule has 0 radical (unpaired) electrons. The van der Waals surface area contributed by atoms with Crippen LogP contribution in [0.3, 0.4) is 0 Å². The summed E-state index contributed by atoms with van der Waals surface area (Å²) in [6.07, 6.45) is 8.62. The van der Waals surface area contributed by atoms with E-state index >= 15 is 0 Å². The van der Waals surface area contributed by atoms with E-state index in [1.807, 2.05) is 30.5 Å². The van der Waals surface area contributed by atoms with Gasteiger partial charge in [0.25, 0.3) is 11.8 Å². The van der Waals surface area contributed by atoms with Crippen LogP contribution in [0.1, 0.15) is 17.5 Å². The number of aromatic nitrogens is 1. The number of fused-ring (bicyclic) bond motifs is 6. The van der Waals surface area contributed by atoms with E-state index in [0.717, 1.165) is 33.5 Å². The van der Waals surface area contributed by atoms with E-state index in [9.17, 15) is 14.0 Å². The van der Waals surface area contributed by atoms with Gasteiger partial charge in [-0.15, -0.1) is 0 Å². The van der Waals surface area contributed by atoms with Crippen molar-refractivity contribution in [3.8, 4) is 0 Å². The van der Waals surface area contributed by atoms with Crippen LogP contribution in [0.4, 0.5) is 4.39 Å². The van der Waals surface area contributed by atoms with Crippen molar-refractivity contribution in [3.05, 3.63) is 83.8 Å². The van der Waals surface area contributed by atoms with E-state index in [4.69, 9.17) is 0 Å². The molecule has 0 unspecified atom stereocenters. The maximum absolute atomic E-state index is 13.2. The summed E-state index contributed by atoms with van der Waals surface area (Å²) in [5.74, 6) is -0.786. The monoisotopic (exact) mass is 413 g/mol. The van der Waals surface area contributed by atoms with Gasteiger partial charge < -0.3 is 4.57 Å². The standard InChI is InChI=1S/C25H20FN3O2/c26-19-9-5-15(6-10-19)13-28-14-18(20-3-1-2-4-21(20)28)12-27-29-24(30)22-16-7-8-17(11-16)23(22)25(29)31/h1-10,12,14,16-17,22-23H,11,13H2/b27-12-/t16-,17-,22-,23+/m1/s1. The number of rotatable bonds is 4. The number of hydrazone groups is 1. The Kier molecular flexibility index (Phi) is 3.96. The molecule has 154 valence electrons. The van der Waals surface area contributed by atoms with Crippen molar-refractivity contribution < 1.29 is 14.0 Å². The predicted octanol–water partition coefficient (Wildman–Crippen LogP) is 3.97. The number of para-hydroxylation sites is 1. The van der Waals surface area contributed by atoms with Gasteiger partial charge in [0, 0.05) is 29.2 Å². The molecule has 0 N–H and O–H groups in total. The summed E-state index contributed by atoms with van der Waals surface area (Å²) in [5.41, 5.74) is 2.81. The fourth-order valence-electron chi connectivity index (χ4n) is 5.42. The maximum atomic E-state index is 13.2. The minimum absolute atomic E-state index is 0.171. The van der Waals surface area contributed by atoms with Crippen molar-refractivity contribution in [2.24, 2.45) is 28.8 Å². The first-order valence-electron chi connectivity index (χ1n) is 10.5. The molecule has 3 aromatic rings. The van der Waals surface area contributed by atoms with E-state index < -0.39 is 0 Å². The van der Waals surface area contributed by atoms with Gasteiger partial charge in [-0.2, -0.15) is 10.1 Å². The number of carbonyl (C=O) groups excluding carboxylic acids is 2. The lowest BCUT2D eigenvalue weighted by molar-refractivity contribution is -0.140. The molecule has 3 aliphatic rings. The lowest BCUT2D eigenvalue weighted by atomic mass is 9.85. The fraction of sp³-hybridized carbons (Fsp3) is 0.240. The van der Waals surface area contributed by atoms with Gasteiger partial charge in [-0.25, -0.2) is 4.39 Å². The number of hydrogen-bond acceptors (Lipinski definition) is 3. The van der Waals surface area contributed by atoms with Gasteiger partial charge in [-0.3, -0.25) is 9.59 Å². The molecule has 31 heavy (non-hydrogen) atoms. The highest BCUT2D eigenvalue weighted by Gasteiger charge is 2.59. The largest absolute Gasteiger partial charge is 0.342 e. The lowest BCUT2D eigenvalue weighted by Gasteiger charge is -2.13. The van der Waals surface area contributed by atoms with Crippen molar-refractivity contribution in [2.75, 3.05) is 0 Å². The number of allylic oxidation sites excluding steroid dienone is 2. The van der Waals surface area contributed by atoms with Crippen molar-refractivity contribution in [1.82, 2.24) is 9.58 Å². The zero-order valence-corrected chi connectivity index (χ0v) is 16.7. The van der Waals surface area contributed by atoms with Gasteiger partial charge in [0.05, 0.1) is 18.1 Å². The van der Waals surface area contributed by atoms with Crippen LogP contribution in [0.15, 0.2) is 72.0 Å². The van der Waals surface area contributed by atoms with Gasteiger partial charge in [0.2, 0.25) is 0 Å². The third-order valence-electron chi connectivity index (χ3n) is 6.84. The Bertz CT molecular complexity index is 1240. The van der Waals surface area contributed by atoms with Crippen molar-refractivity contribution in [3.63, 3.8) is 0 Å². The molecule has 2 fully saturated rings. The Morgan fingerprint density at radius 2 is 1.65 bits per heavy atom. The molecule has 5 nitrogen and oxygen atoms in total. The molecule has 4 atom stereocenters. The minimum atomic E-state index is -0.262. The average molecular weight is 413 g/mol. The highest BCUT2D eigenvalue weighted by Crippen LogP contribution is 2.52. The molecular weight excluding hydrogens is 393 g/mol.